The Balaban J connectivity index is 1.93. The van der Waals surface area contributed by atoms with Crippen LogP contribution in [-0.2, 0) is 6.54 Å². The highest BCUT2D eigenvalue weighted by Crippen LogP contribution is 2.21. The Morgan fingerprint density at radius 2 is 2.00 bits per heavy atom. The highest BCUT2D eigenvalue weighted by molar-refractivity contribution is 6.28. The minimum Gasteiger partial charge on any atom is -0.386 e. The van der Waals surface area contributed by atoms with E-state index in [0.717, 1.165) is 23.1 Å². The number of alkyl halides is 1. The zero-order chi connectivity index (χ0) is 14.7. The SMILES string of the molecule is NC(CCl)=Nc1ccc2c(cnn2Cc2ccccc2)c1. The van der Waals surface area contributed by atoms with E-state index in [9.17, 15) is 0 Å². The van der Waals surface area contributed by atoms with E-state index in [1.807, 2.05) is 47.3 Å². The second kappa shape index (κ2) is 5.97. The molecule has 106 valence electrons. The minimum absolute atomic E-state index is 0.227. The maximum atomic E-state index is 5.65. The second-order valence-corrected chi connectivity index (χ2v) is 5.03. The molecule has 0 spiro atoms. The van der Waals surface area contributed by atoms with Gasteiger partial charge in [0.05, 0.1) is 29.8 Å². The van der Waals surface area contributed by atoms with Gasteiger partial charge in [0.25, 0.3) is 0 Å². The van der Waals surface area contributed by atoms with Gasteiger partial charge in [-0.25, -0.2) is 4.99 Å². The van der Waals surface area contributed by atoms with Crippen LogP contribution >= 0.6 is 11.6 Å². The summed E-state index contributed by atoms with van der Waals surface area (Å²) in [5.74, 6) is 0.637. The normalized spacial score (nSPS) is 12.0. The number of amidine groups is 1. The quantitative estimate of drug-likeness (QED) is 0.456. The molecule has 4 nitrogen and oxygen atoms in total. The van der Waals surface area contributed by atoms with Crippen LogP contribution in [0.2, 0.25) is 0 Å². The van der Waals surface area contributed by atoms with Gasteiger partial charge in [-0.1, -0.05) is 30.3 Å². The number of aliphatic imine (C=N–C) groups is 1. The third kappa shape index (κ3) is 3.06. The first-order valence-corrected chi connectivity index (χ1v) is 7.18. The van der Waals surface area contributed by atoms with Gasteiger partial charge in [-0.2, -0.15) is 5.10 Å². The molecule has 2 N–H and O–H groups in total. The first kappa shape index (κ1) is 13.6. The lowest BCUT2D eigenvalue weighted by Gasteiger charge is -2.04. The van der Waals surface area contributed by atoms with E-state index < -0.39 is 0 Å². The van der Waals surface area contributed by atoms with Crippen LogP contribution < -0.4 is 5.73 Å². The molecule has 0 aliphatic carbocycles. The number of hydrogen-bond donors (Lipinski definition) is 1. The van der Waals surface area contributed by atoms with Crippen LogP contribution in [0.25, 0.3) is 10.9 Å². The topological polar surface area (TPSA) is 56.2 Å². The molecule has 0 saturated carbocycles. The molecule has 0 saturated heterocycles. The van der Waals surface area contributed by atoms with Crippen molar-refractivity contribution < 1.29 is 0 Å². The van der Waals surface area contributed by atoms with Crippen molar-refractivity contribution in [3.05, 3.63) is 60.3 Å². The lowest BCUT2D eigenvalue weighted by Crippen LogP contribution is -2.12. The second-order valence-electron chi connectivity index (χ2n) is 4.77. The van der Waals surface area contributed by atoms with Crippen LogP contribution in [-0.4, -0.2) is 21.5 Å². The molecule has 3 aromatic rings. The summed E-state index contributed by atoms with van der Waals surface area (Å²) < 4.78 is 1.98. The number of nitrogens with two attached hydrogens (primary N) is 1. The summed E-state index contributed by atoms with van der Waals surface area (Å²) in [5, 5.41) is 5.48. The van der Waals surface area contributed by atoms with Crippen molar-refractivity contribution in [1.29, 1.82) is 0 Å². The summed E-state index contributed by atoms with van der Waals surface area (Å²) in [6.45, 7) is 0.747. The van der Waals surface area contributed by atoms with Gasteiger partial charge in [-0.05, 0) is 23.8 Å². The smallest absolute Gasteiger partial charge is 0.115 e. The third-order valence-electron chi connectivity index (χ3n) is 3.21. The van der Waals surface area contributed by atoms with Crippen LogP contribution in [0.3, 0.4) is 0 Å². The fourth-order valence-electron chi connectivity index (χ4n) is 2.22. The Hall–Kier alpha value is -2.33. The molecule has 0 aliphatic heterocycles. The molecule has 0 radical (unpaired) electrons. The van der Waals surface area contributed by atoms with E-state index >= 15 is 0 Å². The van der Waals surface area contributed by atoms with Crippen LogP contribution in [0.1, 0.15) is 5.56 Å². The van der Waals surface area contributed by atoms with Crippen LogP contribution in [0.5, 0.6) is 0 Å². The van der Waals surface area contributed by atoms with E-state index in [-0.39, 0.29) is 5.88 Å². The predicted molar refractivity (Wildman–Crippen MR) is 87.3 cm³/mol. The summed E-state index contributed by atoms with van der Waals surface area (Å²) in [5.41, 5.74) is 8.74. The predicted octanol–water partition coefficient (Wildman–Crippen LogP) is 3.31. The maximum absolute atomic E-state index is 5.65. The molecule has 0 atom stereocenters. The molecule has 3 rings (SSSR count). The number of aromatic nitrogens is 2. The van der Waals surface area contributed by atoms with Crippen LogP contribution in [0.15, 0.2) is 59.7 Å². The van der Waals surface area contributed by atoms with Crippen molar-refractivity contribution in [3.8, 4) is 0 Å². The number of benzene rings is 2. The highest BCUT2D eigenvalue weighted by atomic mass is 35.5. The first-order chi connectivity index (χ1) is 10.3. The zero-order valence-corrected chi connectivity index (χ0v) is 12.2. The standard InChI is InChI=1S/C16H15ClN4/c17-9-16(18)20-14-6-7-15-13(8-14)10-19-21(15)11-12-4-2-1-3-5-12/h1-8,10H,9,11H2,(H2,18,20). The van der Waals surface area contributed by atoms with Crippen molar-refractivity contribution in [3.63, 3.8) is 0 Å². The number of nitrogens with zero attached hydrogens (tertiary/aromatic N) is 3. The largest absolute Gasteiger partial charge is 0.386 e. The molecule has 0 aliphatic rings. The monoisotopic (exact) mass is 298 g/mol. The Labute approximate surface area is 127 Å². The number of halogens is 1. The van der Waals surface area contributed by atoms with Crippen molar-refractivity contribution in [2.45, 2.75) is 6.54 Å². The summed E-state index contributed by atoms with van der Waals surface area (Å²) >= 11 is 5.64. The summed E-state index contributed by atoms with van der Waals surface area (Å²) in [4.78, 5) is 4.25. The zero-order valence-electron chi connectivity index (χ0n) is 11.4. The van der Waals surface area contributed by atoms with E-state index in [0.29, 0.717) is 5.84 Å². The Morgan fingerprint density at radius 3 is 2.76 bits per heavy atom. The molecule has 0 amide bonds. The fourth-order valence-corrected chi connectivity index (χ4v) is 2.28. The molecule has 1 aromatic heterocycles. The number of fused-ring (bicyclic) bond motifs is 1. The highest BCUT2D eigenvalue weighted by Gasteiger charge is 2.04. The number of hydrogen-bond acceptors (Lipinski definition) is 2. The van der Waals surface area contributed by atoms with Gasteiger partial charge in [0.1, 0.15) is 5.84 Å². The van der Waals surface area contributed by atoms with E-state index in [2.05, 4.69) is 22.2 Å². The van der Waals surface area contributed by atoms with Crippen molar-refractivity contribution in [2.75, 3.05) is 5.88 Å². The molecule has 5 heteroatoms. The van der Waals surface area contributed by atoms with E-state index in [1.54, 1.807) is 0 Å². The fraction of sp³-hybridized carbons (Fsp3) is 0.125. The van der Waals surface area contributed by atoms with Gasteiger partial charge in [0.2, 0.25) is 0 Å². The lowest BCUT2D eigenvalue weighted by molar-refractivity contribution is 0.712. The maximum Gasteiger partial charge on any atom is 0.115 e. The molecular weight excluding hydrogens is 284 g/mol. The summed E-state index contributed by atoms with van der Waals surface area (Å²) in [6.07, 6.45) is 1.84. The summed E-state index contributed by atoms with van der Waals surface area (Å²) in [6, 6.07) is 16.1. The van der Waals surface area contributed by atoms with Gasteiger partial charge in [-0.15, -0.1) is 11.6 Å². The van der Waals surface area contributed by atoms with Gasteiger partial charge >= 0.3 is 0 Å². The first-order valence-electron chi connectivity index (χ1n) is 6.65. The third-order valence-corrected chi connectivity index (χ3v) is 3.48. The van der Waals surface area contributed by atoms with Gasteiger partial charge in [0, 0.05) is 5.39 Å². The number of rotatable bonds is 4. The van der Waals surface area contributed by atoms with Crippen molar-refractivity contribution in [2.24, 2.45) is 10.7 Å². The molecule has 0 unspecified atom stereocenters. The molecule has 0 fully saturated rings. The minimum atomic E-state index is 0.227. The molecular formula is C16H15ClN4. The van der Waals surface area contributed by atoms with Gasteiger partial charge in [0.15, 0.2) is 0 Å². The Morgan fingerprint density at radius 1 is 1.19 bits per heavy atom. The molecule has 1 heterocycles. The van der Waals surface area contributed by atoms with Crippen LogP contribution in [0.4, 0.5) is 5.69 Å². The average molecular weight is 299 g/mol. The van der Waals surface area contributed by atoms with E-state index in [4.69, 9.17) is 17.3 Å². The van der Waals surface area contributed by atoms with E-state index in [1.165, 1.54) is 5.56 Å². The summed E-state index contributed by atoms with van der Waals surface area (Å²) in [7, 11) is 0. The van der Waals surface area contributed by atoms with Gasteiger partial charge in [-0.3, -0.25) is 4.68 Å². The van der Waals surface area contributed by atoms with Crippen molar-refractivity contribution in [1.82, 2.24) is 9.78 Å². The molecule has 21 heavy (non-hydrogen) atoms. The van der Waals surface area contributed by atoms with Crippen molar-refractivity contribution >= 4 is 34.0 Å². The Bertz CT molecular complexity index is 777. The average Bonchev–Trinajstić information content (AvgIpc) is 2.90. The van der Waals surface area contributed by atoms with Gasteiger partial charge < -0.3 is 5.73 Å². The lowest BCUT2D eigenvalue weighted by atomic mass is 10.2. The van der Waals surface area contributed by atoms with Crippen LogP contribution in [0, 0.1) is 0 Å². The Kier molecular flexibility index (Phi) is 3.88. The molecule has 0 bridgehead atoms. The molecule has 2 aromatic carbocycles.